The first-order chi connectivity index (χ1) is 15.5. The van der Waals surface area contributed by atoms with Crippen LogP contribution in [0.4, 0.5) is 5.69 Å². The minimum atomic E-state index is -1.75. The Morgan fingerprint density at radius 1 is 1.06 bits per heavy atom. The third kappa shape index (κ3) is 8.79. The van der Waals surface area contributed by atoms with E-state index in [9.17, 15) is 15.2 Å². The fourth-order valence-corrected chi connectivity index (χ4v) is 3.98. The number of nitrogens with zero attached hydrogens (tertiary/aromatic N) is 1. The van der Waals surface area contributed by atoms with Crippen molar-refractivity contribution in [3.05, 3.63) is 64.2 Å². The molecule has 7 nitrogen and oxygen atoms in total. The van der Waals surface area contributed by atoms with Crippen molar-refractivity contribution < 1.29 is 23.9 Å². The highest BCUT2D eigenvalue weighted by Crippen LogP contribution is 2.36. The normalized spacial score (nSPS) is 12.9. The topological polar surface area (TPSA) is 91.1 Å². The molecule has 0 radical (unpaired) electrons. The highest BCUT2D eigenvalue weighted by Gasteiger charge is 2.36. The molecule has 2 rings (SSSR count). The number of nitro benzene ring substituents is 1. The summed E-state index contributed by atoms with van der Waals surface area (Å²) >= 11 is 0. The summed E-state index contributed by atoms with van der Waals surface area (Å²) < 4.78 is 17.4. The molecule has 33 heavy (non-hydrogen) atoms. The van der Waals surface area contributed by atoms with Gasteiger partial charge in [0, 0.05) is 6.61 Å². The lowest BCUT2D eigenvalue weighted by Gasteiger charge is -2.36. The summed E-state index contributed by atoms with van der Waals surface area (Å²) in [5, 5.41) is 21.9. The van der Waals surface area contributed by atoms with E-state index in [4.69, 9.17) is 13.9 Å². The van der Waals surface area contributed by atoms with E-state index in [2.05, 4.69) is 33.9 Å². The van der Waals surface area contributed by atoms with E-state index in [0.29, 0.717) is 25.4 Å². The summed E-state index contributed by atoms with van der Waals surface area (Å²) in [5.41, 5.74) is 0.786. The van der Waals surface area contributed by atoms with Crippen LogP contribution in [-0.2, 0) is 11.0 Å². The minimum absolute atomic E-state index is 0.00580. The zero-order chi connectivity index (χ0) is 24.5. The Balaban J connectivity index is 1.79. The second-order valence-corrected chi connectivity index (χ2v) is 14.5. The maximum atomic E-state index is 11.5. The monoisotopic (exact) mass is 475 g/mol. The fraction of sp³-hybridized carbons (Fsp3) is 0.520. The quantitative estimate of drug-likeness (QED) is 0.163. The molecule has 0 aliphatic heterocycles. The molecule has 0 aromatic heterocycles. The van der Waals surface area contributed by atoms with Crippen LogP contribution in [-0.4, -0.2) is 37.7 Å². The maximum absolute atomic E-state index is 11.5. The number of hydrogen-bond acceptors (Lipinski definition) is 6. The Hall–Kier alpha value is -2.42. The summed E-state index contributed by atoms with van der Waals surface area (Å²) in [4.78, 5) is 11.0. The van der Waals surface area contributed by atoms with E-state index in [1.807, 2.05) is 30.3 Å². The number of aliphatic hydroxyl groups is 1. The molecule has 0 aliphatic carbocycles. The molecule has 182 valence electrons. The number of unbranched alkanes of at least 4 members (excludes halogenated alkanes) is 1. The van der Waals surface area contributed by atoms with Gasteiger partial charge in [0.15, 0.2) is 14.1 Å². The van der Waals surface area contributed by atoms with Crippen LogP contribution in [0.5, 0.6) is 11.5 Å². The number of aliphatic hydroxyl groups excluding tert-OH is 1. The van der Waals surface area contributed by atoms with Crippen molar-refractivity contribution in [1.29, 1.82) is 0 Å². The third-order valence-corrected chi connectivity index (χ3v) is 10.5. The molecule has 0 spiro atoms. The van der Waals surface area contributed by atoms with Crippen LogP contribution in [0.1, 0.15) is 45.6 Å². The van der Waals surface area contributed by atoms with Gasteiger partial charge in [0.2, 0.25) is 0 Å². The molecule has 0 saturated carbocycles. The Morgan fingerprint density at radius 2 is 1.76 bits per heavy atom. The van der Waals surface area contributed by atoms with Crippen molar-refractivity contribution in [2.24, 2.45) is 0 Å². The largest absolute Gasteiger partial charge is 0.489 e. The molecule has 0 saturated heterocycles. The molecule has 8 heteroatoms. The van der Waals surface area contributed by atoms with Gasteiger partial charge in [0.05, 0.1) is 17.1 Å². The van der Waals surface area contributed by atoms with E-state index in [-0.39, 0.29) is 23.1 Å². The van der Waals surface area contributed by atoms with Gasteiger partial charge < -0.3 is 19.0 Å². The maximum Gasteiger partial charge on any atom is 0.314 e. The lowest BCUT2D eigenvalue weighted by atomic mass is 10.2. The van der Waals surface area contributed by atoms with Gasteiger partial charge in [-0.1, -0.05) is 51.1 Å². The molecule has 2 aromatic rings. The summed E-state index contributed by atoms with van der Waals surface area (Å²) in [6.45, 7) is 12.1. The molecule has 0 heterocycles. The molecule has 0 amide bonds. The van der Waals surface area contributed by atoms with Crippen molar-refractivity contribution in [3.63, 3.8) is 0 Å². The summed E-state index contributed by atoms with van der Waals surface area (Å²) in [6.07, 6.45) is 1.50. The Labute approximate surface area is 198 Å². The Morgan fingerprint density at radius 3 is 2.39 bits per heavy atom. The van der Waals surface area contributed by atoms with Gasteiger partial charge in [-0.15, -0.1) is 0 Å². The Bertz CT molecular complexity index is 882. The first kappa shape index (κ1) is 26.8. The summed E-state index contributed by atoms with van der Waals surface area (Å²) in [6, 6.07) is 14.1. The molecule has 1 N–H and O–H groups in total. The van der Waals surface area contributed by atoms with E-state index >= 15 is 0 Å². The van der Waals surface area contributed by atoms with Crippen LogP contribution in [0.2, 0.25) is 18.1 Å². The third-order valence-electron chi connectivity index (χ3n) is 6.01. The molecular formula is C25H37NO6Si. The zero-order valence-electron chi connectivity index (χ0n) is 20.4. The minimum Gasteiger partial charge on any atom is -0.489 e. The number of benzene rings is 2. The first-order valence-corrected chi connectivity index (χ1v) is 14.3. The van der Waals surface area contributed by atoms with Crippen LogP contribution in [0.25, 0.3) is 0 Å². The van der Waals surface area contributed by atoms with E-state index in [1.165, 1.54) is 12.1 Å². The molecule has 1 atom stereocenters. The zero-order valence-corrected chi connectivity index (χ0v) is 21.4. The number of hydrogen-bond donors (Lipinski definition) is 1. The molecule has 1 unspecified atom stereocenters. The predicted octanol–water partition coefficient (Wildman–Crippen LogP) is 6.11. The molecule has 0 bridgehead atoms. The standard InChI is InChI=1S/C25H37NO6Si/c1-25(2,3)33(4,5)32-16-10-9-13-21(27)19-31-24-15-14-22(17-23(24)26(28)29)30-18-20-11-7-6-8-12-20/h6-8,11-12,14-15,17,21,27H,9-10,13,16,18-19H2,1-5H3. The van der Waals surface area contributed by atoms with Crippen LogP contribution in [0.3, 0.4) is 0 Å². The van der Waals surface area contributed by atoms with Crippen molar-refractivity contribution in [2.75, 3.05) is 13.2 Å². The second-order valence-electron chi connectivity index (χ2n) is 9.73. The molecule has 0 aliphatic rings. The lowest BCUT2D eigenvalue weighted by Crippen LogP contribution is -2.40. The van der Waals surface area contributed by atoms with Crippen molar-refractivity contribution in [3.8, 4) is 11.5 Å². The predicted molar refractivity (Wildman–Crippen MR) is 132 cm³/mol. The molecular weight excluding hydrogens is 438 g/mol. The van der Waals surface area contributed by atoms with Crippen molar-refractivity contribution >= 4 is 14.0 Å². The van der Waals surface area contributed by atoms with Crippen LogP contribution >= 0.6 is 0 Å². The Kier molecular flexibility index (Phi) is 9.88. The van der Waals surface area contributed by atoms with Crippen LogP contribution in [0.15, 0.2) is 48.5 Å². The van der Waals surface area contributed by atoms with Crippen molar-refractivity contribution in [2.45, 2.75) is 70.9 Å². The van der Waals surface area contributed by atoms with E-state index in [1.54, 1.807) is 6.07 Å². The number of rotatable bonds is 13. The highest BCUT2D eigenvalue weighted by atomic mass is 28.4. The van der Waals surface area contributed by atoms with Crippen LogP contribution < -0.4 is 9.47 Å². The number of nitro groups is 1. The fourth-order valence-electron chi connectivity index (χ4n) is 2.89. The first-order valence-electron chi connectivity index (χ1n) is 11.4. The van der Waals surface area contributed by atoms with Crippen LogP contribution in [0, 0.1) is 10.1 Å². The molecule has 2 aromatic carbocycles. The smallest absolute Gasteiger partial charge is 0.314 e. The van der Waals surface area contributed by atoms with Gasteiger partial charge in [-0.05, 0) is 55.1 Å². The van der Waals surface area contributed by atoms with Gasteiger partial charge in [-0.3, -0.25) is 10.1 Å². The van der Waals surface area contributed by atoms with E-state index in [0.717, 1.165) is 18.4 Å². The van der Waals surface area contributed by atoms with E-state index < -0.39 is 19.3 Å². The lowest BCUT2D eigenvalue weighted by molar-refractivity contribution is -0.386. The van der Waals surface area contributed by atoms with Gasteiger partial charge in [-0.2, -0.15) is 0 Å². The van der Waals surface area contributed by atoms with Crippen molar-refractivity contribution in [1.82, 2.24) is 0 Å². The average Bonchev–Trinajstić information content (AvgIpc) is 2.76. The second kappa shape index (κ2) is 12.2. The summed E-state index contributed by atoms with van der Waals surface area (Å²) in [5.74, 6) is 0.507. The average molecular weight is 476 g/mol. The highest BCUT2D eigenvalue weighted by molar-refractivity contribution is 6.74. The SMILES string of the molecule is CC(C)(C)[Si](C)(C)OCCCCC(O)COc1ccc(OCc2ccccc2)cc1[N+](=O)[O-]. The van der Waals surface area contributed by atoms with Gasteiger partial charge in [-0.25, -0.2) is 0 Å². The van der Waals surface area contributed by atoms with Gasteiger partial charge in [0.25, 0.3) is 0 Å². The molecule has 0 fully saturated rings. The van der Waals surface area contributed by atoms with Gasteiger partial charge in [0.1, 0.15) is 19.0 Å². The summed E-state index contributed by atoms with van der Waals surface area (Å²) in [7, 11) is -1.75. The van der Waals surface area contributed by atoms with Gasteiger partial charge >= 0.3 is 5.69 Å². The number of ether oxygens (including phenoxy) is 2.